The highest BCUT2D eigenvalue weighted by Crippen LogP contribution is 2.39. The summed E-state index contributed by atoms with van der Waals surface area (Å²) in [6, 6.07) is 5.39. The molecule has 0 radical (unpaired) electrons. The van der Waals surface area contributed by atoms with Crippen LogP contribution in [0.15, 0.2) is 18.2 Å². The van der Waals surface area contributed by atoms with Crippen molar-refractivity contribution < 1.29 is 23.9 Å². The van der Waals surface area contributed by atoms with Crippen molar-refractivity contribution >= 4 is 34.9 Å². The summed E-state index contributed by atoms with van der Waals surface area (Å²) in [6.45, 7) is 6.55. The molecule has 0 atom stereocenters. The first-order chi connectivity index (χ1) is 12.1. The third-order valence-corrected chi connectivity index (χ3v) is 4.47. The Balaban J connectivity index is 2.00. The van der Waals surface area contributed by atoms with Crippen molar-refractivity contribution in [3.8, 4) is 16.3 Å². The molecule has 0 bridgehead atoms. The number of carbonyl (C=O) groups excluding carboxylic acids is 3. The second kappa shape index (κ2) is 6.53. The van der Waals surface area contributed by atoms with Crippen LogP contribution in [0, 0.1) is 0 Å². The van der Waals surface area contributed by atoms with Crippen LogP contribution >= 0.6 is 11.3 Å². The summed E-state index contributed by atoms with van der Waals surface area (Å²) < 4.78 is 10.5. The van der Waals surface area contributed by atoms with E-state index >= 15 is 0 Å². The van der Waals surface area contributed by atoms with Crippen LogP contribution < -0.4 is 10.1 Å². The molecule has 0 saturated heterocycles. The Hall–Kier alpha value is -2.74. The SMILES string of the molecule is CC(=O)Oc1nc(C(=O)OC(C)(C)C)sc1-c1ccc2c(c1)CC(=O)N2. The number of nitrogens with zero attached hydrogens (tertiary/aromatic N) is 1. The number of hydrogen-bond donors (Lipinski definition) is 1. The van der Waals surface area contributed by atoms with Crippen LogP contribution in [0.1, 0.15) is 43.1 Å². The van der Waals surface area contributed by atoms with E-state index in [4.69, 9.17) is 9.47 Å². The summed E-state index contributed by atoms with van der Waals surface area (Å²) in [7, 11) is 0. The van der Waals surface area contributed by atoms with Gasteiger partial charge in [0.05, 0.1) is 11.3 Å². The van der Waals surface area contributed by atoms with E-state index in [1.54, 1.807) is 32.9 Å². The zero-order valence-corrected chi connectivity index (χ0v) is 15.7. The van der Waals surface area contributed by atoms with Crippen LogP contribution in [0.3, 0.4) is 0 Å². The number of benzene rings is 1. The van der Waals surface area contributed by atoms with Crippen molar-refractivity contribution in [1.82, 2.24) is 4.98 Å². The third kappa shape index (κ3) is 3.91. The van der Waals surface area contributed by atoms with Gasteiger partial charge >= 0.3 is 11.9 Å². The van der Waals surface area contributed by atoms with Gasteiger partial charge in [0.2, 0.25) is 16.8 Å². The lowest BCUT2D eigenvalue weighted by molar-refractivity contribution is -0.132. The molecule has 1 aliphatic rings. The average Bonchev–Trinajstić information content (AvgIpc) is 3.06. The lowest BCUT2D eigenvalue weighted by atomic mass is 10.1. The molecule has 26 heavy (non-hydrogen) atoms. The van der Waals surface area contributed by atoms with E-state index in [-0.39, 0.29) is 23.2 Å². The highest BCUT2D eigenvalue weighted by molar-refractivity contribution is 7.17. The van der Waals surface area contributed by atoms with E-state index < -0.39 is 17.5 Å². The van der Waals surface area contributed by atoms with Crippen molar-refractivity contribution in [3.05, 3.63) is 28.8 Å². The molecular weight excluding hydrogens is 356 g/mol. The highest BCUT2D eigenvalue weighted by atomic mass is 32.1. The molecule has 0 spiro atoms. The second-order valence-electron chi connectivity index (χ2n) is 6.85. The molecule has 0 unspecified atom stereocenters. The number of esters is 2. The maximum absolute atomic E-state index is 12.3. The Morgan fingerprint density at radius 1 is 1.27 bits per heavy atom. The molecule has 8 heteroatoms. The number of amides is 1. The van der Waals surface area contributed by atoms with Gasteiger partial charge in [0, 0.05) is 12.6 Å². The van der Waals surface area contributed by atoms with E-state index in [1.165, 1.54) is 6.92 Å². The third-order valence-electron chi connectivity index (χ3n) is 3.40. The molecule has 3 rings (SSSR count). The molecule has 0 aliphatic carbocycles. The van der Waals surface area contributed by atoms with E-state index in [9.17, 15) is 14.4 Å². The van der Waals surface area contributed by atoms with E-state index in [0.29, 0.717) is 10.4 Å². The van der Waals surface area contributed by atoms with Crippen molar-refractivity contribution in [2.24, 2.45) is 0 Å². The fourth-order valence-corrected chi connectivity index (χ4v) is 3.34. The summed E-state index contributed by atoms with van der Waals surface area (Å²) in [5.41, 5.74) is 1.64. The zero-order valence-electron chi connectivity index (χ0n) is 14.8. The number of nitrogens with one attached hydrogen (secondary N) is 1. The second-order valence-corrected chi connectivity index (χ2v) is 7.84. The van der Waals surface area contributed by atoms with Gasteiger partial charge in [-0.3, -0.25) is 9.59 Å². The molecule has 1 amide bonds. The standard InChI is InChI=1S/C18H18N2O5S/c1-9(21)24-15-14(26-16(20-15)17(23)25-18(2,3)4)10-5-6-12-11(7-10)8-13(22)19-12/h5-7H,8H2,1-4H3,(H,19,22). The Labute approximate surface area is 154 Å². The van der Waals surface area contributed by atoms with E-state index in [2.05, 4.69) is 10.3 Å². The van der Waals surface area contributed by atoms with Crippen LogP contribution in [-0.4, -0.2) is 28.4 Å². The first-order valence-corrected chi connectivity index (χ1v) is 8.80. The molecule has 1 N–H and O–H groups in total. The fourth-order valence-electron chi connectivity index (χ4n) is 2.47. The largest absolute Gasteiger partial charge is 0.455 e. The summed E-state index contributed by atoms with van der Waals surface area (Å²) >= 11 is 1.08. The van der Waals surface area contributed by atoms with Gasteiger partial charge in [-0.15, -0.1) is 11.3 Å². The predicted octanol–water partition coefficient (Wildman–Crippen LogP) is 3.19. The quantitative estimate of drug-likeness (QED) is 0.829. The van der Waals surface area contributed by atoms with Gasteiger partial charge in [-0.2, -0.15) is 4.98 Å². The number of thiazole rings is 1. The monoisotopic (exact) mass is 374 g/mol. The Kier molecular flexibility index (Phi) is 4.53. The summed E-state index contributed by atoms with van der Waals surface area (Å²) in [5.74, 6) is -1.14. The smallest absolute Gasteiger partial charge is 0.368 e. The zero-order chi connectivity index (χ0) is 19.1. The van der Waals surface area contributed by atoms with Gasteiger partial charge in [-0.1, -0.05) is 6.07 Å². The van der Waals surface area contributed by atoms with Crippen LogP contribution in [0.25, 0.3) is 10.4 Å². The molecule has 7 nitrogen and oxygen atoms in total. The molecule has 1 aromatic carbocycles. The molecule has 0 saturated carbocycles. The number of ether oxygens (including phenoxy) is 2. The number of fused-ring (bicyclic) bond motifs is 1. The maximum Gasteiger partial charge on any atom is 0.368 e. The lowest BCUT2D eigenvalue weighted by Crippen LogP contribution is -2.23. The van der Waals surface area contributed by atoms with Crippen molar-refractivity contribution in [1.29, 1.82) is 0 Å². The van der Waals surface area contributed by atoms with Crippen LogP contribution in [0.5, 0.6) is 5.88 Å². The Morgan fingerprint density at radius 2 is 2.00 bits per heavy atom. The van der Waals surface area contributed by atoms with Crippen LogP contribution in [-0.2, 0) is 20.7 Å². The van der Waals surface area contributed by atoms with Gasteiger partial charge in [0.15, 0.2) is 0 Å². The Bertz CT molecular complexity index is 911. The minimum atomic E-state index is -0.663. The number of rotatable bonds is 3. The minimum absolute atomic E-state index is 0.0561. The average molecular weight is 374 g/mol. The van der Waals surface area contributed by atoms with Crippen molar-refractivity contribution in [2.45, 2.75) is 39.7 Å². The molecule has 1 aliphatic heterocycles. The number of hydrogen-bond acceptors (Lipinski definition) is 7. The van der Waals surface area contributed by atoms with Gasteiger partial charge < -0.3 is 14.8 Å². The van der Waals surface area contributed by atoms with Crippen LogP contribution in [0.4, 0.5) is 5.69 Å². The normalized spacial score (nSPS) is 13.2. The van der Waals surface area contributed by atoms with Crippen molar-refractivity contribution in [3.63, 3.8) is 0 Å². The van der Waals surface area contributed by atoms with Gasteiger partial charge in [0.25, 0.3) is 0 Å². The number of aromatic nitrogens is 1. The maximum atomic E-state index is 12.3. The van der Waals surface area contributed by atoms with E-state index in [1.807, 2.05) is 6.07 Å². The van der Waals surface area contributed by atoms with Crippen LogP contribution in [0.2, 0.25) is 0 Å². The fraction of sp³-hybridized carbons (Fsp3) is 0.333. The molecule has 0 fully saturated rings. The minimum Gasteiger partial charge on any atom is -0.455 e. The first kappa shape index (κ1) is 18.1. The summed E-state index contributed by atoms with van der Waals surface area (Å²) in [4.78, 5) is 39.9. The molecule has 136 valence electrons. The predicted molar refractivity (Wildman–Crippen MR) is 96.4 cm³/mol. The Morgan fingerprint density at radius 3 is 2.65 bits per heavy atom. The van der Waals surface area contributed by atoms with Gasteiger partial charge in [-0.25, -0.2) is 4.79 Å². The lowest BCUT2D eigenvalue weighted by Gasteiger charge is -2.18. The number of anilines is 1. The van der Waals surface area contributed by atoms with E-state index in [0.717, 1.165) is 22.6 Å². The van der Waals surface area contributed by atoms with Gasteiger partial charge in [-0.05, 0) is 44.0 Å². The first-order valence-electron chi connectivity index (χ1n) is 7.98. The molecule has 1 aromatic heterocycles. The summed E-state index contributed by atoms with van der Waals surface area (Å²) in [5, 5.41) is 2.86. The number of carbonyl (C=O) groups is 3. The molecule has 2 aromatic rings. The summed E-state index contributed by atoms with van der Waals surface area (Å²) in [6.07, 6.45) is 0.282. The van der Waals surface area contributed by atoms with Crippen molar-refractivity contribution in [2.75, 3.05) is 5.32 Å². The highest BCUT2D eigenvalue weighted by Gasteiger charge is 2.26. The molecule has 2 heterocycles. The molecular formula is C18H18N2O5S. The van der Waals surface area contributed by atoms with Gasteiger partial charge in [0.1, 0.15) is 5.60 Å². The topological polar surface area (TPSA) is 94.6 Å².